The van der Waals surface area contributed by atoms with E-state index in [9.17, 15) is 10.1 Å². The molecule has 4 aromatic rings. The predicted octanol–water partition coefficient (Wildman–Crippen LogP) is 6.90. The Morgan fingerprint density at radius 2 is 1.91 bits per heavy atom. The van der Waals surface area contributed by atoms with Crippen molar-refractivity contribution >= 4 is 45.2 Å². The third-order valence-corrected chi connectivity index (χ3v) is 7.20. The number of carbonyl (C=O) groups is 1. The molecular weight excluding hydrogens is 462 g/mol. The summed E-state index contributed by atoms with van der Waals surface area (Å²) in [6.45, 7) is 1.96. The van der Waals surface area contributed by atoms with Gasteiger partial charge in [0.1, 0.15) is 33.6 Å². The summed E-state index contributed by atoms with van der Waals surface area (Å²) < 4.78 is 6.02. The fourth-order valence-electron chi connectivity index (χ4n) is 3.60. The van der Waals surface area contributed by atoms with Crippen molar-refractivity contribution in [1.29, 1.82) is 5.26 Å². The lowest BCUT2D eigenvalue weighted by Crippen LogP contribution is -2.17. The standard InChI is InChI=1S/C27H19N3O2S2/c1-17-20(14-19-10-5-6-11-22(19)32-17)15-21(16-28)26-29-24(23-12-7-13-33-23)27(34-26)30-25(31)18-8-3-2-4-9-18/h2-15,17H,1H3,(H,30,31)/b21-15+. The smallest absolute Gasteiger partial charge is 0.256 e. The van der Waals surface area contributed by atoms with Gasteiger partial charge in [0.2, 0.25) is 0 Å². The topological polar surface area (TPSA) is 75.0 Å². The molecule has 0 saturated heterocycles. The van der Waals surface area contributed by atoms with E-state index in [1.165, 1.54) is 22.7 Å². The molecule has 1 amide bonds. The van der Waals surface area contributed by atoms with E-state index < -0.39 is 0 Å². The van der Waals surface area contributed by atoms with E-state index in [0.717, 1.165) is 21.8 Å². The molecular formula is C27H19N3O2S2. The number of hydrogen-bond acceptors (Lipinski definition) is 6. The number of rotatable bonds is 5. The van der Waals surface area contributed by atoms with Crippen LogP contribution in [0.4, 0.5) is 5.00 Å². The fourth-order valence-corrected chi connectivity index (χ4v) is 5.32. The van der Waals surface area contributed by atoms with Gasteiger partial charge in [-0.15, -0.1) is 11.3 Å². The Labute approximate surface area is 205 Å². The maximum absolute atomic E-state index is 12.8. The van der Waals surface area contributed by atoms with Gasteiger partial charge in [0, 0.05) is 11.1 Å². The molecule has 7 heteroatoms. The number of nitrogens with zero attached hydrogens (tertiary/aromatic N) is 2. The number of amides is 1. The molecule has 1 aliphatic rings. The number of para-hydroxylation sites is 1. The van der Waals surface area contributed by atoms with Crippen LogP contribution in [-0.2, 0) is 0 Å². The first-order valence-corrected chi connectivity index (χ1v) is 12.3. The van der Waals surface area contributed by atoms with E-state index in [1.54, 1.807) is 12.1 Å². The molecule has 0 aliphatic carbocycles. The predicted molar refractivity (Wildman–Crippen MR) is 138 cm³/mol. The number of anilines is 1. The molecule has 0 fully saturated rings. The SMILES string of the molecule is CC1Oc2ccccc2C=C1/C=C(\C#N)c1nc(-c2cccs2)c(NC(=O)c2ccccc2)s1. The summed E-state index contributed by atoms with van der Waals surface area (Å²) in [5.41, 5.74) is 3.50. The molecule has 1 N–H and O–H groups in total. The van der Waals surface area contributed by atoms with Crippen LogP contribution < -0.4 is 10.1 Å². The highest BCUT2D eigenvalue weighted by Crippen LogP contribution is 2.39. The second kappa shape index (κ2) is 9.48. The van der Waals surface area contributed by atoms with Crippen LogP contribution in [0.2, 0.25) is 0 Å². The van der Waals surface area contributed by atoms with Gasteiger partial charge in [-0.25, -0.2) is 4.98 Å². The minimum Gasteiger partial charge on any atom is -0.485 e. The lowest BCUT2D eigenvalue weighted by molar-refractivity contribution is 0.102. The van der Waals surface area contributed by atoms with Gasteiger partial charge in [0.05, 0.1) is 10.5 Å². The summed E-state index contributed by atoms with van der Waals surface area (Å²) in [6, 6.07) is 23.0. The number of ether oxygens (including phenoxy) is 1. The molecule has 34 heavy (non-hydrogen) atoms. The van der Waals surface area contributed by atoms with E-state index in [-0.39, 0.29) is 12.0 Å². The average Bonchev–Trinajstić information content (AvgIpc) is 3.53. The lowest BCUT2D eigenvalue weighted by atomic mass is 10.0. The van der Waals surface area contributed by atoms with Gasteiger partial charge in [-0.2, -0.15) is 5.26 Å². The Morgan fingerprint density at radius 3 is 2.68 bits per heavy atom. The van der Waals surface area contributed by atoms with Crippen molar-refractivity contribution in [2.45, 2.75) is 13.0 Å². The van der Waals surface area contributed by atoms with Gasteiger partial charge < -0.3 is 10.1 Å². The number of carbonyl (C=O) groups excluding carboxylic acids is 1. The van der Waals surface area contributed by atoms with Gasteiger partial charge in [-0.3, -0.25) is 4.79 Å². The number of allylic oxidation sites excluding steroid dienone is 1. The first-order valence-electron chi connectivity index (χ1n) is 10.6. The summed E-state index contributed by atoms with van der Waals surface area (Å²) in [5, 5.41) is 16.1. The Bertz CT molecular complexity index is 1440. The van der Waals surface area contributed by atoms with E-state index >= 15 is 0 Å². The number of thiazole rings is 1. The zero-order valence-electron chi connectivity index (χ0n) is 18.2. The van der Waals surface area contributed by atoms with Gasteiger partial charge in [-0.1, -0.05) is 53.8 Å². The zero-order chi connectivity index (χ0) is 23.5. The van der Waals surface area contributed by atoms with Crippen LogP contribution in [0, 0.1) is 11.3 Å². The van der Waals surface area contributed by atoms with Crippen LogP contribution in [0.15, 0.2) is 83.8 Å². The number of nitriles is 1. The number of hydrogen-bond donors (Lipinski definition) is 1. The van der Waals surface area contributed by atoms with Crippen LogP contribution in [0.25, 0.3) is 22.2 Å². The lowest BCUT2D eigenvalue weighted by Gasteiger charge is -2.22. The highest BCUT2D eigenvalue weighted by Gasteiger charge is 2.22. The van der Waals surface area contributed by atoms with Crippen molar-refractivity contribution in [2.24, 2.45) is 0 Å². The zero-order valence-corrected chi connectivity index (χ0v) is 19.8. The van der Waals surface area contributed by atoms with Crippen molar-refractivity contribution in [2.75, 3.05) is 5.32 Å². The van der Waals surface area contributed by atoms with E-state index in [4.69, 9.17) is 9.72 Å². The van der Waals surface area contributed by atoms with Crippen LogP contribution in [0.1, 0.15) is 27.9 Å². The van der Waals surface area contributed by atoms with E-state index in [2.05, 4.69) is 11.4 Å². The Balaban J connectivity index is 1.53. The molecule has 0 spiro atoms. The molecule has 0 saturated carbocycles. The summed E-state index contributed by atoms with van der Waals surface area (Å²) in [5.74, 6) is 0.607. The molecule has 2 aromatic heterocycles. The Hall–Kier alpha value is -3.99. The van der Waals surface area contributed by atoms with E-state index in [1.807, 2.05) is 79.1 Å². The monoisotopic (exact) mass is 481 g/mol. The second-order valence-corrected chi connectivity index (χ2v) is 9.55. The molecule has 1 atom stereocenters. The molecule has 166 valence electrons. The summed E-state index contributed by atoms with van der Waals surface area (Å²) in [7, 11) is 0. The van der Waals surface area contributed by atoms with Crippen LogP contribution in [0.5, 0.6) is 5.75 Å². The van der Waals surface area contributed by atoms with Gasteiger partial charge >= 0.3 is 0 Å². The number of benzene rings is 2. The summed E-state index contributed by atoms with van der Waals surface area (Å²) >= 11 is 2.83. The quantitative estimate of drug-likeness (QED) is 0.315. The fraction of sp³-hybridized carbons (Fsp3) is 0.0741. The number of fused-ring (bicyclic) bond motifs is 1. The van der Waals surface area contributed by atoms with Gasteiger partial charge in [-0.05, 0) is 54.3 Å². The maximum atomic E-state index is 12.8. The first kappa shape index (κ1) is 21.8. The van der Waals surface area contributed by atoms with Gasteiger partial charge in [0.15, 0.2) is 0 Å². The minimum atomic E-state index is -0.218. The van der Waals surface area contributed by atoms with Crippen LogP contribution in [-0.4, -0.2) is 17.0 Å². The highest BCUT2D eigenvalue weighted by molar-refractivity contribution is 7.18. The van der Waals surface area contributed by atoms with Crippen molar-refractivity contribution in [1.82, 2.24) is 4.98 Å². The molecule has 5 nitrogen and oxygen atoms in total. The van der Waals surface area contributed by atoms with Gasteiger partial charge in [0.25, 0.3) is 5.91 Å². The Kier molecular flexibility index (Phi) is 6.09. The first-order chi connectivity index (χ1) is 16.6. The van der Waals surface area contributed by atoms with Crippen molar-refractivity contribution in [3.63, 3.8) is 0 Å². The Morgan fingerprint density at radius 1 is 1.12 bits per heavy atom. The molecule has 3 heterocycles. The van der Waals surface area contributed by atoms with Crippen molar-refractivity contribution < 1.29 is 9.53 Å². The number of thiophene rings is 1. The molecule has 5 rings (SSSR count). The van der Waals surface area contributed by atoms with Crippen LogP contribution >= 0.6 is 22.7 Å². The van der Waals surface area contributed by atoms with Crippen molar-refractivity contribution in [3.8, 4) is 22.4 Å². The third-order valence-electron chi connectivity index (χ3n) is 5.32. The maximum Gasteiger partial charge on any atom is 0.256 e. The molecule has 2 aromatic carbocycles. The molecule has 1 unspecified atom stereocenters. The second-order valence-electron chi connectivity index (χ2n) is 7.61. The van der Waals surface area contributed by atoms with Crippen molar-refractivity contribution in [3.05, 3.63) is 99.9 Å². The highest BCUT2D eigenvalue weighted by atomic mass is 32.1. The number of aromatic nitrogens is 1. The summed E-state index contributed by atoms with van der Waals surface area (Å²) in [6.07, 6.45) is 3.65. The van der Waals surface area contributed by atoms with Crippen LogP contribution in [0.3, 0.4) is 0 Å². The number of nitrogens with one attached hydrogen (secondary N) is 1. The third kappa shape index (κ3) is 4.42. The minimum absolute atomic E-state index is 0.202. The summed E-state index contributed by atoms with van der Waals surface area (Å²) in [4.78, 5) is 18.5. The normalized spacial score (nSPS) is 15.0. The molecule has 1 aliphatic heterocycles. The largest absolute Gasteiger partial charge is 0.485 e. The van der Waals surface area contributed by atoms with E-state index in [0.29, 0.717) is 26.8 Å². The average molecular weight is 482 g/mol. The molecule has 0 bridgehead atoms. The molecule has 0 radical (unpaired) electrons.